The van der Waals surface area contributed by atoms with Gasteiger partial charge in [0.15, 0.2) is 5.65 Å². The minimum atomic E-state index is -0.921. The molecule has 2 aromatic heterocycles. The van der Waals surface area contributed by atoms with Crippen molar-refractivity contribution in [2.45, 2.75) is 33.6 Å². The number of carboxylic acids is 1. The normalized spacial score (nSPS) is 11.5. The lowest BCUT2D eigenvalue weighted by Gasteiger charge is -2.08. The molecule has 4 aromatic rings. The maximum absolute atomic E-state index is 11.6. The molecule has 2 aromatic carbocycles. The first kappa shape index (κ1) is 20.5. The monoisotopic (exact) mass is 411 g/mol. The van der Waals surface area contributed by atoms with E-state index in [1.807, 2.05) is 60.8 Å². The van der Waals surface area contributed by atoms with Crippen LogP contribution in [0.15, 0.2) is 60.7 Å². The smallest absolute Gasteiger partial charge is 0.336 e. The predicted molar refractivity (Wildman–Crippen MR) is 123 cm³/mol. The molecule has 4 rings (SSSR count). The van der Waals surface area contributed by atoms with Crippen LogP contribution in [0.5, 0.6) is 0 Å². The molecular formula is C26H25N3O2. The largest absolute Gasteiger partial charge is 0.478 e. The van der Waals surface area contributed by atoms with Crippen LogP contribution in [0.2, 0.25) is 0 Å². The molecule has 0 aliphatic carbocycles. The lowest BCUT2D eigenvalue weighted by atomic mass is 9.97. The first-order chi connectivity index (χ1) is 15.0. The second-order valence-electron chi connectivity index (χ2n) is 7.67. The van der Waals surface area contributed by atoms with Crippen molar-refractivity contribution in [2.24, 2.45) is 0 Å². The summed E-state index contributed by atoms with van der Waals surface area (Å²) in [6, 6.07) is 17.2. The number of hydrogen-bond donors (Lipinski definition) is 1. The highest BCUT2D eigenvalue weighted by molar-refractivity contribution is 5.96. The van der Waals surface area contributed by atoms with Gasteiger partial charge in [0.25, 0.3) is 0 Å². The number of aromatic carboxylic acids is 1. The number of fused-ring (bicyclic) bond motifs is 1. The Bertz CT molecular complexity index is 1280. The average molecular weight is 412 g/mol. The van der Waals surface area contributed by atoms with Crippen molar-refractivity contribution < 1.29 is 9.90 Å². The summed E-state index contributed by atoms with van der Waals surface area (Å²) in [5, 5.41) is 14.3. The van der Waals surface area contributed by atoms with E-state index in [1.54, 1.807) is 12.1 Å². The van der Waals surface area contributed by atoms with Crippen molar-refractivity contribution in [3.63, 3.8) is 0 Å². The Hall–Kier alpha value is -3.73. The van der Waals surface area contributed by atoms with E-state index in [-0.39, 0.29) is 0 Å². The van der Waals surface area contributed by atoms with Crippen LogP contribution in [0.25, 0.3) is 22.9 Å². The number of carbonyl (C=O) groups is 1. The average Bonchev–Trinajstić information content (AvgIpc) is 3.10. The molecule has 0 atom stereocenters. The summed E-state index contributed by atoms with van der Waals surface area (Å²) >= 11 is 0. The number of nitrogens with zero attached hydrogens (tertiary/aromatic N) is 3. The highest BCUT2D eigenvalue weighted by Gasteiger charge is 2.15. The third kappa shape index (κ3) is 4.12. The number of carboxylic acid groups (broad SMARTS) is 1. The second-order valence-corrected chi connectivity index (χ2v) is 7.67. The van der Waals surface area contributed by atoms with Gasteiger partial charge < -0.3 is 5.11 Å². The van der Waals surface area contributed by atoms with E-state index in [2.05, 4.69) is 19.1 Å². The standard InChI is InChI=1S/C26H25N3O2/c1-4-5-10-24-23(25-27-17(2)15-18(3)29(25)28-24)16-19-11-13-20(14-12-19)21-8-6-7-9-22(21)26(30)31/h5-15H,4,16H2,1-3H3,(H,30,31)/b10-5+. The Labute approximate surface area is 181 Å². The highest BCUT2D eigenvalue weighted by atomic mass is 16.4. The Kier molecular flexibility index (Phi) is 5.67. The van der Waals surface area contributed by atoms with E-state index in [9.17, 15) is 9.90 Å². The molecule has 0 fully saturated rings. The van der Waals surface area contributed by atoms with Crippen LogP contribution in [-0.2, 0) is 6.42 Å². The summed E-state index contributed by atoms with van der Waals surface area (Å²) in [6.07, 6.45) is 5.82. The van der Waals surface area contributed by atoms with Gasteiger partial charge in [-0.15, -0.1) is 0 Å². The minimum absolute atomic E-state index is 0.306. The lowest BCUT2D eigenvalue weighted by Crippen LogP contribution is -1.99. The third-order valence-corrected chi connectivity index (χ3v) is 5.34. The highest BCUT2D eigenvalue weighted by Crippen LogP contribution is 2.26. The summed E-state index contributed by atoms with van der Waals surface area (Å²) < 4.78 is 1.91. The summed E-state index contributed by atoms with van der Waals surface area (Å²) in [7, 11) is 0. The van der Waals surface area contributed by atoms with Crippen LogP contribution in [-0.4, -0.2) is 25.7 Å². The molecule has 156 valence electrons. The lowest BCUT2D eigenvalue weighted by molar-refractivity contribution is 0.0697. The predicted octanol–water partition coefficient (Wildman–Crippen LogP) is 5.73. The Morgan fingerprint density at radius 2 is 1.84 bits per heavy atom. The topological polar surface area (TPSA) is 67.5 Å². The fraction of sp³-hybridized carbons (Fsp3) is 0.192. The fourth-order valence-electron chi connectivity index (χ4n) is 3.84. The van der Waals surface area contributed by atoms with Crippen LogP contribution in [0.3, 0.4) is 0 Å². The van der Waals surface area contributed by atoms with Crippen molar-refractivity contribution in [3.05, 3.63) is 94.4 Å². The molecule has 0 aliphatic rings. The van der Waals surface area contributed by atoms with Crippen molar-refractivity contribution in [2.75, 3.05) is 0 Å². The third-order valence-electron chi connectivity index (χ3n) is 5.34. The van der Waals surface area contributed by atoms with E-state index in [4.69, 9.17) is 10.1 Å². The molecule has 5 heteroatoms. The zero-order valence-electron chi connectivity index (χ0n) is 18.0. The van der Waals surface area contributed by atoms with Gasteiger partial charge in [0.05, 0.1) is 11.3 Å². The second kappa shape index (κ2) is 8.56. The van der Waals surface area contributed by atoms with Crippen molar-refractivity contribution in [1.82, 2.24) is 14.6 Å². The van der Waals surface area contributed by atoms with Gasteiger partial charge in [-0.2, -0.15) is 5.10 Å². The molecule has 0 radical (unpaired) electrons. The van der Waals surface area contributed by atoms with Gasteiger partial charge in [0.2, 0.25) is 0 Å². The van der Waals surface area contributed by atoms with E-state index in [0.717, 1.165) is 51.4 Å². The molecule has 2 heterocycles. The fourth-order valence-corrected chi connectivity index (χ4v) is 3.84. The molecule has 0 bridgehead atoms. The van der Waals surface area contributed by atoms with E-state index in [1.165, 1.54) is 0 Å². The summed E-state index contributed by atoms with van der Waals surface area (Å²) in [5.41, 5.74) is 7.97. The molecule has 31 heavy (non-hydrogen) atoms. The molecule has 5 nitrogen and oxygen atoms in total. The number of rotatable bonds is 6. The molecule has 0 saturated carbocycles. The van der Waals surface area contributed by atoms with Crippen molar-refractivity contribution in [3.8, 4) is 11.1 Å². The van der Waals surface area contributed by atoms with Gasteiger partial charge in [-0.25, -0.2) is 14.3 Å². The first-order valence-electron chi connectivity index (χ1n) is 10.4. The van der Waals surface area contributed by atoms with Crippen LogP contribution < -0.4 is 0 Å². The number of hydrogen-bond acceptors (Lipinski definition) is 3. The zero-order chi connectivity index (χ0) is 22.0. The SMILES string of the molecule is CC/C=C/c1nn2c(C)cc(C)nc2c1Cc1ccc(-c2ccccc2C(=O)O)cc1. The molecule has 0 saturated heterocycles. The van der Waals surface area contributed by atoms with Gasteiger partial charge in [0, 0.05) is 23.4 Å². The molecule has 0 aliphatic heterocycles. The quantitative estimate of drug-likeness (QED) is 0.440. The van der Waals surface area contributed by atoms with Gasteiger partial charge in [0.1, 0.15) is 0 Å². The first-order valence-corrected chi connectivity index (χ1v) is 10.4. The van der Waals surface area contributed by atoms with Crippen LogP contribution in [0, 0.1) is 13.8 Å². The minimum Gasteiger partial charge on any atom is -0.478 e. The van der Waals surface area contributed by atoms with Gasteiger partial charge in [-0.3, -0.25) is 0 Å². The van der Waals surface area contributed by atoms with Gasteiger partial charge >= 0.3 is 5.97 Å². The maximum Gasteiger partial charge on any atom is 0.336 e. The van der Waals surface area contributed by atoms with Crippen LogP contribution in [0.1, 0.15) is 51.9 Å². The van der Waals surface area contributed by atoms with Crippen LogP contribution >= 0.6 is 0 Å². The Morgan fingerprint density at radius 3 is 2.55 bits per heavy atom. The Morgan fingerprint density at radius 1 is 1.10 bits per heavy atom. The summed E-state index contributed by atoms with van der Waals surface area (Å²) in [4.78, 5) is 16.3. The van der Waals surface area contributed by atoms with E-state index < -0.39 is 5.97 Å². The number of allylic oxidation sites excluding steroid dienone is 1. The maximum atomic E-state index is 11.6. The van der Waals surface area contributed by atoms with Crippen molar-refractivity contribution in [1.29, 1.82) is 0 Å². The van der Waals surface area contributed by atoms with Gasteiger partial charge in [-0.05, 0) is 55.2 Å². The van der Waals surface area contributed by atoms with E-state index >= 15 is 0 Å². The molecule has 0 spiro atoms. The van der Waals surface area contributed by atoms with Crippen molar-refractivity contribution >= 4 is 17.7 Å². The van der Waals surface area contributed by atoms with Crippen LogP contribution in [0.4, 0.5) is 0 Å². The Balaban J connectivity index is 1.73. The molecular weight excluding hydrogens is 386 g/mol. The summed E-state index contributed by atoms with van der Waals surface area (Å²) in [5.74, 6) is -0.921. The molecule has 0 unspecified atom stereocenters. The zero-order valence-corrected chi connectivity index (χ0v) is 18.0. The number of aryl methyl sites for hydroxylation is 2. The number of benzene rings is 2. The molecule has 0 amide bonds. The molecule has 1 N–H and O–H groups in total. The summed E-state index contributed by atoms with van der Waals surface area (Å²) in [6.45, 7) is 6.15. The van der Waals surface area contributed by atoms with Gasteiger partial charge in [-0.1, -0.05) is 55.5 Å². The van der Waals surface area contributed by atoms with E-state index in [0.29, 0.717) is 12.0 Å². The number of aromatic nitrogens is 3.